The summed E-state index contributed by atoms with van der Waals surface area (Å²) in [6.45, 7) is 3.77. The van der Waals surface area contributed by atoms with Gasteiger partial charge in [-0.05, 0) is 37.4 Å². The number of hydrogen-bond donors (Lipinski definition) is 1. The first-order chi connectivity index (χ1) is 14.3. The number of amides is 1. The molecular weight excluding hydrogens is 428 g/mol. The quantitative estimate of drug-likeness (QED) is 0.651. The second-order valence-electron chi connectivity index (χ2n) is 6.94. The molecule has 0 aliphatic carbocycles. The second-order valence-corrected chi connectivity index (χ2v) is 9.76. The normalized spacial score (nSPS) is 15.5. The Morgan fingerprint density at radius 1 is 1.17 bits per heavy atom. The van der Waals surface area contributed by atoms with Crippen molar-refractivity contribution < 1.29 is 17.7 Å². The summed E-state index contributed by atoms with van der Waals surface area (Å²) in [5, 5.41) is 5.62. The molecular formula is C19H20N4O5S2. The molecule has 4 rings (SSSR count). The molecule has 158 valence electrons. The minimum absolute atomic E-state index is 0.0392. The van der Waals surface area contributed by atoms with Gasteiger partial charge in [0.05, 0.1) is 10.6 Å². The number of rotatable bonds is 4. The highest BCUT2D eigenvalue weighted by atomic mass is 32.2. The van der Waals surface area contributed by atoms with Gasteiger partial charge in [0.1, 0.15) is 16.2 Å². The van der Waals surface area contributed by atoms with E-state index in [4.69, 9.17) is 4.52 Å². The summed E-state index contributed by atoms with van der Waals surface area (Å²) in [5.74, 6) is -0.174. The van der Waals surface area contributed by atoms with Crippen molar-refractivity contribution in [3.8, 4) is 10.6 Å². The number of piperazine rings is 1. The van der Waals surface area contributed by atoms with E-state index in [1.54, 1.807) is 19.9 Å². The summed E-state index contributed by atoms with van der Waals surface area (Å²) in [4.78, 5) is 30.5. The van der Waals surface area contributed by atoms with E-state index in [0.717, 1.165) is 4.88 Å². The van der Waals surface area contributed by atoms with Crippen LogP contribution in [0.5, 0.6) is 0 Å². The number of pyridine rings is 1. The van der Waals surface area contributed by atoms with Crippen molar-refractivity contribution in [2.75, 3.05) is 26.2 Å². The van der Waals surface area contributed by atoms with Gasteiger partial charge in [0.15, 0.2) is 5.76 Å². The smallest absolute Gasteiger partial charge is 0.261 e. The molecule has 0 radical (unpaired) electrons. The molecule has 1 amide bonds. The number of nitrogens with zero attached hydrogens (tertiary/aromatic N) is 3. The Kier molecular flexibility index (Phi) is 5.35. The van der Waals surface area contributed by atoms with Crippen LogP contribution in [0, 0.1) is 13.8 Å². The zero-order valence-corrected chi connectivity index (χ0v) is 18.0. The van der Waals surface area contributed by atoms with Crippen molar-refractivity contribution in [3.63, 3.8) is 0 Å². The predicted molar refractivity (Wildman–Crippen MR) is 111 cm³/mol. The van der Waals surface area contributed by atoms with Gasteiger partial charge in [-0.15, -0.1) is 11.3 Å². The van der Waals surface area contributed by atoms with Crippen molar-refractivity contribution in [2.24, 2.45) is 0 Å². The molecule has 4 heterocycles. The lowest BCUT2D eigenvalue weighted by atomic mass is 10.2. The number of carbonyl (C=O) groups is 1. The summed E-state index contributed by atoms with van der Waals surface area (Å²) in [6.07, 6.45) is 0. The molecule has 0 spiro atoms. The molecule has 9 nitrogen and oxygen atoms in total. The van der Waals surface area contributed by atoms with E-state index < -0.39 is 21.5 Å². The zero-order valence-electron chi connectivity index (χ0n) is 16.4. The van der Waals surface area contributed by atoms with Crippen LogP contribution >= 0.6 is 11.3 Å². The summed E-state index contributed by atoms with van der Waals surface area (Å²) in [7, 11) is -3.76. The first kappa shape index (κ1) is 20.5. The number of carbonyl (C=O) groups excluding carboxylic acids is 1. The lowest BCUT2D eigenvalue weighted by molar-refractivity contribution is 0.0696. The van der Waals surface area contributed by atoms with Gasteiger partial charge in [0.25, 0.3) is 11.5 Å². The highest BCUT2D eigenvalue weighted by Crippen LogP contribution is 2.25. The summed E-state index contributed by atoms with van der Waals surface area (Å²) in [5.41, 5.74) is 0.541. The maximum absolute atomic E-state index is 12.9. The van der Waals surface area contributed by atoms with E-state index in [1.807, 2.05) is 17.5 Å². The fourth-order valence-electron chi connectivity index (χ4n) is 3.49. The predicted octanol–water partition coefficient (Wildman–Crippen LogP) is 1.85. The molecule has 1 fully saturated rings. The number of nitrogens with one attached hydrogen (secondary N) is 1. The molecule has 0 atom stereocenters. The average Bonchev–Trinajstić information content (AvgIpc) is 3.37. The van der Waals surface area contributed by atoms with Gasteiger partial charge in [-0.3, -0.25) is 9.59 Å². The third-order valence-corrected chi connectivity index (χ3v) is 8.07. The summed E-state index contributed by atoms with van der Waals surface area (Å²) in [6, 6.07) is 6.99. The molecule has 11 heteroatoms. The first-order valence-electron chi connectivity index (χ1n) is 9.28. The van der Waals surface area contributed by atoms with Crippen LogP contribution in [0.25, 0.3) is 10.6 Å². The topological polar surface area (TPSA) is 117 Å². The number of aryl methyl sites for hydroxylation is 2. The molecule has 3 aromatic heterocycles. The molecule has 3 aromatic rings. The Labute approximate surface area is 177 Å². The van der Waals surface area contributed by atoms with Gasteiger partial charge in [-0.1, -0.05) is 11.2 Å². The van der Waals surface area contributed by atoms with Gasteiger partial charge >= 0.3 is 0 Å². The number of H-pyrrole nitrogens is 1. The molecule has 1 aliphatic heterocycles. The molecule has 0 saturated carbocycles. The van der Waals surface area contributed by atoms with E-state index in [-0.39, 0.29) is 42.4 Å². The highest BCUT2D eigenvalue weighted by molar-refractivity contribution is 7.89. The second kappa shape index (κ2) is 7.82. The van der Waals surface area contributed by atoms with Crippen molar-refractivity contribution in [3.05, 3.63) is 57.0 Å². The fourth-order valence-corrected chi connectivity index (χ4v) is 5.91. The van der Waals surface area contributed by atoms with Gasteiger partial charge in [-0.25, -0.2) is 8.42 Å². The first-order valence-corrected chi connectivity index (χ1v) is 11.6. The zero-order chi connectivity index (χ0) is 21.5. The third-order valence-electron chi connectivity index (χ3n) is 5.02. The van der Waals surface area contributed by atoms with Crippen LogP contribution in [0.3, 0.4) is 0 Å². The number of aromatic nitrogens is 2. The van der Waals surface area contributed by atoms with Crippen LogP contribution in [-0.4, -0.2) is 59.8 Å². The molecule has 30 heavy (non-hydrogen) atoms. The number of sulfonamides is 1. The van der Waals surface area contributed by atoms with Crippen molar-refractivity contribution in [1.29, 1.82) is 0 Å². The summed E-state index contributed by atoms with van der Waals surface area (Å²) >= 11 is 1.49. The molecule has 1 N–H and O–H groups in total. The molecule has 0 aromatic carbocycles. The van der Waals surface area contributed by atoms with E-state index in [9.17, 15) is 18.0 Å². The Hall–Kier alpha value is -2.76. The number of thiophene rings is 1. The molecule has 1 aliphatic rings. The Balaban J connectivity index is 1.48. The Morgan fingerprint density at radius 2 is 1.90 bits per heavy atom. The Bertz CT molecular complexity index is 1220. The standard InChI is InChI=1S/C19H20N4O5S2/c1-12-17(13(2)28-21-12)30(26,27)23-9-7-22(8-10-23)19(25)14-5-6-15(20-18(14)24)16-4-3-11-29-16/h3-6,11H,7-10H2,1-2H3,(H,20,24). The van der Waals surface area contributed by atoms with E-state index in [2.05, 4.69) is 10.1 Å². The largest absolute Gasteiger partial charge is 0.360 e. The summed E-state index contributed by atoms with van der Waals surface area (Å²) < 4.78 is 32.1. The minimum atomic E-state index is -3.76. The Morgan fingerprint density at radius 3 is 2.47 bits per heavy atom. The molecule has 0 unspecified atom stereocenters. The monoisotopic (exact) mass is 448 g/mol. The minimum Gasteiger partial charge on any atom is -0.360 e. The number of aromatic amines is 1. The van der Waals surface area contributed by atoms with Crippen LogP contribution in [0.1, 0.15) is 21.8 Å². The van der Waals surface area contributed by atoms with E-state index in [1.165, 1.54) is 26.6 Å². The fraction of sp³-hybridized carbons (Fsp3) is 0.316. The van der Waals surface area contributed by atoms with Crippen molar-refractivity contribution >= 4 is 27.3 Å². The van der Waals surface area contributed by atoms with E-state index in [0.29, 0.717) is 11.4 Å². The van der Waals surface area contributed by atoms with Crippen molar-refractivity contribution in [2.45, 2.75) is 18.7 Å². The van der Waals surface area contributed by atoms with E-state index >= 15 is 0 Å². The maximum Gasteiger partial charge on any atom is 0.261 e. The van der Waals surface area contributed by atoms with Crippen LogP contribution in [-0.2, 0) is 10.0 Å². The highest BCUT2D eigenvalue weighted by Gasteiger charge is 2.34. The van der Waals surface area contributed by atoms with Gasteiger partial charge in [0.2, 0.25) is 10.0 Å². The third kappa shape index (κ3) is 3.59. The molecule has 1 saturated heterocycles. The van der Waals surface area contributed by atoms with Gasteiger partial charge in [0, 0.05) is 26.2 Å². The van der Waals surface area contributed by atoms with Crippen molar-refractivity contribution in [1.82, 2.24) is 19.3 Å². The lowest BCUT2D eigenvalue weighted by Crippen LogP contribution is -2.51. The lowest BCUT2D eigenvalue weighted by Gasteiger charge is -2.33. The van der Waals surface area contributed by atoms with Crippen LogP contribution < -0.4 is 5.56 Å². The average molecular weight is 449 g/mol. The number of hydrogen-bond acceptors (Lipinski definition) is 7. The SMILES string of the molecule is Cc1noc(C)c1S(=O)(=O)N1CCN(C(=O)c2ccc(-c3cccs3)[nH]c2=O)CC1. The molecule has 0 bridgehead atoms. The van der Waals surface area contributed by atoms with Crippen LogP contribution in [0.4, 0.5) is 0 Å². The van der Waals surface area contributed by atoms with Gasteiger partial charge < -0.3 is 14.4 Å². The maximum atomic E-state index is 12.9. The van der Waals surface area contributed by atoms with Crippen LogP contribution in [0.15, 0.2) is 43.9 Å². The van der Waals surface area contributed by atoms with Gasteiger partial charge in [-0.2, -0.15) is 4.31 Å². The van der Waals surface area contributed by atoms with Crippen LogP contribution in [0.2, 0.25) is 0 Å².